The summed E-state index contributed by atoms with van der Waals surface area (Å²) in [5.41, 5.74) is -1.45. The van der Waals surface area contributed by atoms with E-state index < -0.39 is 17.3 Å². The molecule has 1 N–H and O–H groups in total. The largest absolute Gasteiger partial charge is 0.418 e. The number of nitrogens with one attached hydrogen (secondary N) is 1. The number of hydrogen-bond donors (Lipinski definition) is 1. The highest BCUT2D eigenvalue weighted by Gasteiger charge is 2.34. The Morgan fingerprint density at radius 2 is 1.95 bits per heavy atom. The fraction of sp³-hybridized carbons (Fsp3) is 0.0909. The summed E-state index contributed by atoms with van der Waals surface area (Å²) < 4.78 is 40.3. The summed E-state index contributed by atoms with van der Waals surface area (Å²) in [5, 5.41) is 0. The highest BCUT2D eigenvalue weighted by atomic mass is 79.9. The molecule has 2 aromatic rings. The van der Waals surface area contributed by atoms with Gasteiger partial charge in [0.05, 0.1) is 11.3 Å². The molecule has 19 heavy (non-hydrogen) atoms. The summed E-state index contributed by atoms with van der Waals surface area (Å²) in [7, 11) is 0. The molecule has 0 atom stereocenters. The molecule has 0 fully saturated rings. The van der Waals surface area contributed by atoms with Crippen LogP contribution in [0.5, 0.6) is 0 Å². The quantitative estimate of drug-likeness (QED) is 0.796. The normalized spacial score (nSPS) is 11.6. The molecular formula is C11H6BrF3N2OS. The van der Waals surface area contributed by atoms with Crippen molar-refractivity contribution in [1.29, 1.82) is 0 Å². The predicted molar refractivity (Wildman–Crippen MR) is 69.9 cm³/mol. The van der Waals surface area contributed by atoms with E-state index in [1.54, 1.807) is 0 Å². The molecule has 100 valence electrons. The second-order valence-electron chi connectivity index (χ2n) is 3.64. The molecule has 0 radical (unpaired) electrons. The fourth-order valence-electron chi connectivity index (χ4n) is 1.55. The molecule has 0 unspecified atom stereocenters. The van der Waals surface area contributed by atoms with Gasteiger partial charge in [-0.15, -0.1) is 0 Å². The summed E-state index contributed by atoms with van der Waals surface area (Å²) in [5.74, 6) is 0. The molecule has 1 heterocycles. The van der Waals surface area contributed by atoms with Crippen molar-refractivity contribution in [3.05, 3.63) is 55.6 Å². The van der Waals surface area contributed by atoms with Crippen LogP contribution in [-0.4, -0.2) is 9.55 Å². The minimum absolute atomic E-state index is 0.0969. The van der Waals surface area contributed by atoms with Gasteiger partial charge in [0, 0.05) is 16.7 Å². The minimum Gasteiger partial charge on any atom is -0.299 e. The lowest BCUT2D eigenvalue weighted by atomic mass is 10.1. The Hall–Kier alpha value is -1.41. The molecule has 0 aliphatic carbocycles. The number of benzene rings is 1. The maximum absolute atomic E-state index is 13.0. The first-order valence-corrected chi connectivity index (χ1v) is 6.18. The third-order valence-electron chi connectivity index (χ3n) is 2.35. The monoisotopic (exact) mass is 350 g/mol. The molecule has 0 saturated heterocycles. The SMILES string of the molecule is O=c1ccn(-c2ccc(Br)cc2C(F)(F)F)c(=S)[nH]1. The summed E-state index contributed by atoms with van der Waals surface area (Å²) in [6.45, 7) is 0. The van der Waals surface area contributed by atoms with Crippen LogP contribution in [0.1, 0.15) is 5.56 Å². The van der Waals surface area contributed by atoms with Crippen molar-refractivity contribution >= 4 is 28.1 Å². The first-order chi connectivity index (χ1) is 8.79. The maximum Gasteiger partial charge on any atom is 0.418 e. The molecule has 0 aliphatic heterocycles. The lowest BCUT2D eigenvalue weighted by molar-refractivity contribution is -0.137. The van der Waals surface area contributed by atoms with Crippen LogP contribution in [0.4, 0.5) is 13.2 Å². The van der Waals surface area contributed by atoms with E-state index in [4.69, 9.17) is 12.2 Å². The van der Waals surface area contributed by atoms with E-state index in [1.807, 2.05) is 0 Å². The lowest BCUT2D eigenvalue weighted by Gasteiger charge is -2.15. The van der Waals surface area contributed by atoms with Crippen molar-refractivity contribution in [2.24, 2.45) is 0 Å². The van der Waals surface area contributed by atoms with E-state index >= 15 is 0 Å². The smallest absolute Gasteiger partial charge is 0.299 e. The Labute approximate surface area is 118 Å². The number of hydrogen-bond acceptors (Lipinski definition) is 2. The van der Waals surface area contributed by atoms with Gasteiger partial charge in [-0.05, 0) is 30.4 Å². The highest BCUT2D eigenvalue weighted by Crippen LogP contribution is 2.35. The molecule has 0 spiro atoms. The number of alkyl halides is 3. The van der Waals surface area contributed by atoms with Crippen molar-refractivity contribution < 1.29 is 13.2 Å². The Bertz CT molecular complexity index is 736. The van der Waals surface area contributed by atoms with Crippen LogP contribution in [0, 0.1) is 4.77 Å². The van der Waals surface area contributed by atoms with Gasteiger partial charge >= 0.3 is 6.18 Å². The first kappa shape index (κ1) is 14.0. The van der Waals surface area contributed by atoms with Gasteiger partial charge in [-0.2, -0.15) is 13.2 Å². The Morgan fingerprint density at radius 3 is 2.53 bits per heavy atom. The molecule has 0 bridgehead atoms. The zero-order chi connectivity index (χ0) is 14.2. The van der Waals surface area contributed by atoms with Crippen molar-refractivity contribution in [2.45, 2.75) is 6.18 Å². The zero-order valence-electron chi connectivity index (χ0n) is 9.16. The van der Waals surface area contributed by atoms with E-state index in [1.165, 1.54) is 18.3 Å². The third-order valence-corrected chi connectivity index (χ3v) is 3.14. The van der Waals surface area contributed by atoms with Gasteiger partial charge in [0.15, 0.2) is 4.77 Å². The summed E-state index contributed by atoms with van der Waals surface area (Å²) in [4.78, 5) is 13.3. The van der Waals surface area contributed by atoms with Crippen LogP contribution in [-0.2, 0) is 6.18 Å². The Kier molecular flexibility index (Phi) is 3.64. The average Bonchev–Trinajstić information content (AvgIpc) is 2.28. The van der Waals surface area contributed by atoms with E-state index in [2.05, 4.69) is 20.9 Å². The van der Waals surface area contributed by atoms with Gasteiger partial charge in [-0.1, -0.05) is 15.9 Å². The van der Waals surface area contributed by atoms with E-state index in [-0.39, 0.29) is 10.5 Å². The molecular weight excluding hydrogens is 345 g/mol. The topological polar surface area (TPSA) is 37.8 Å². The Morgan fingerprint density at radius 1 is 1.26 bits per heavy atom. The van der Waals surface area contributed by atoms with Crippen LogP contribution in [0.15, 0.2) is 39.7 Å². The molecule has 0 saturated carbocycles. The first-order valence-electron chi connectivity index (χ1n) is 4.98. The molecule has 8 heteroatoms. The van der Waals surface area contributed by atoms with Crippen LogP contribution in [0.2, 0.25) is 0 Å². The van der Waals surface area contributed by atoms with Crippen LogP contribution in [0.25, 0.3) is 5.69 Å². The van der Waals surface area contributed by atoms with Crippen molar-refractivity contribution in [2.75, 3.05) is 0 Å². The molecule has 0 aliphatic rings. The van der Waals surface area contributed by atoms with Crippen molar-refractivity contribution in [1.82, 2.24) is 9.55 Å². The lowest BCUT2D eigenvalue weighted by Crippen LogP contribution is -2.15. The van der Waals surface area contributed by atoms with E-state index in [0.717, 1.165) is 16.7 Å². The molecule has 3 nitrogen and oxygen atoms in total. The summed E-state index contributed by atoms with van der Waals surface area (Å²) in [6.07, 6.45) is -3.32. The van der Waals surface area contributed by atoms with Gasteiger partial charge in [-0.25, -0.2) is 0 Å². The molecule has 1 aromatic carbocycles. The summed E-state index contributed by atoms with van der Waals surface area (Å²) >= 11 is 7.86. The van der Waals surface area contributed by atoms with Gasteiger partial charge < -0.3 is 0 Å². The standard InChI is InChI=1S/C11H6BrF3N2OS/c12-6-1-2-8(7(5-6)11(13,14)15)17-4-3-9(18)16-10(17)19/h1-5H,(H,16,18,19). The zero-order valence-corrected chi connectivity index (χ0v) is 11.6. The number of aromatic amines is 1. The minimum atomic E-state index is -4.52. The molecule has 2 rings (SSSR count). The number of halogens is 4. The van der Waals surface area contributed by atoms with E-state index in [9.17, 15) is 18.0 Å². The van der Waals surface area contributed by atoms with Gasteiger partial charge in [-0.3, -0.25) is 14.3 Å². The number of nitrogens with zero attached hydrogens (tertiary/aromatic N) is 1. The number of rotatable bonds is 1. The maximum atomic E-state index is 13.0. The van der Waals surface area contributed by atoms with Crippen molar-refractivity contribution in [3.8, 4) is 5.69 Å². The second kappa shape index (κ2) is 4.93. The van der Waals surface area contributed by atoms with Crippen LogP contribution < -0.4 is 5.56 Å². The average molecular weight is 351 g/mol. The number of aromatic nitrogens is 2. The summed E-state index contributed by atoms with van der Waals surface area (Å²) in [6, 6.07) is 4.82. The van der Waals surface area contributed by atoms with Gasteiger partial charge in [0.1, 0.15) is 0 Å². The van der Waals surface area contributed by atoms with Crippen LogP contribution in [0.3, 0.4) is 0 Å². The van der Waals surface area contributed by atoms with Crippen LogP contribution >= 0.6 is 28.1 Å². The van der Waals surface area contributed by atoms with Crippen molar-refractivity contribution in [3.63, 3.8) is 0 Å². The molecule has 0 amide bonds. The van der Waals surface area contributed by atoms with E-state index in [0.29, 0.717) is 4.47 Å². The predicted octanol–water partition coefficient (Wildman–Crippen LogP) is 3.68. The Balaban J connectivity index is 2.76. The highest BCUT2D eigenvalue weighted by molar-refractivity contribution is 9.10. The third kappa shape index (κ3) is 2.95. The number of H-pyrrole nitrogens is 1. The second-order valence-corrected chi connectivity index (χ2v) is 4.94. The van der Waals surface area contributed by atoms with Gasteiger partial charge in [0.25, 0.3) is 5.56 Å². The fourth-order valence-corrected chi connectivity index (χ4v) is 2.17. The molecule has 1 aromatic heterocycles. The van der Waals surface area contributed by atoms with Gasteiger partial charge in [0.2, 0.25) is 0 Å².